The van der Waals surface area contributed by atoms with Crippen LogP contribution in [0.1, 0.15) is 21.7 Å². The van der Waals surface area contributed by atoms with Crippen molar-refractivity contribution in [2.75, 3.05) is 0 Å². The first-order valence-electron chi connectivity index (χ1n) is 7.43. The maximum absolute atomic E-state index is 12.0. The molecule has 0 saturated heterocycles. The van der Waals surface area contributed by atoms with Crippen LogP contribution in [0.5, 0.6) is 0 Å². The van der Waals surface area contributed by atoms with Crippen LogP contribution in [0.4, 0.5) is 0 Å². The van der Waals surface area contributed by atoms with Gasteiger partial charge >= 0.3 is 0 Å². The number of aryl methyl sites for hydroxylation is 1. The Bertz CT molecular complexity index is 857. The lowest BCUT2D eigenvalue weighted by Gasteiger charge is -2.00. The minimum absolute atomic E-state index is 0.250. The number of hydrogen-bond acceptors (Lipinski definition) is 4. The van der Waals surface area contributed by atoms with E-state index >= 15 is 0 Å². The molecule has 1 N–H and O–H groups in total. The molecule has 0 fully saturated rings. The Labute approximate surface area is 144 Å². The zero-order chi connectivity index (χ0) is 16.8. The molecule has 120 valence electrons. The van der Waals surface area contributed by atoms with Crippen LogP contribution in [-0.2, 0) is 0 Å². The molecule has 0 spiro atoms. The molecule has 24 heavy (non-hydrogen) atoms. The van der Waals surface area contributed by atoms with Crippen LogP contribution >= 0.6 is 11.8 Å². The Kier molecular flexibility index (Phi) is 5.13. The second kappa shape index (κ2) is 7.66. The second-order valence-corrected chi connectivity index (χ2v) is 6.22. The molecule has 2 aromatic carbocycles. The van der Waals surface area contributed by atoms with Crippen molar-refractivity contribution in [3.05, 3.63) is 83.6 Å². The Morgan fingerprint density at radius 3 is 2.71 bits per heavy atom. The number of nitrogens with one attached hydrogen (secondary N) is 1. The summed E-state index contributed by atoms with van der Waals surface area (Å²) in [5, 5.41) is 4.71. The first kappa shape index (κ1) is 16.1. The van der Waals surface area contributed by atoms with Gasteiger partial charge < -0.3 is 4.42 Å². The van der Waals surface area contributed by atoms with E-state index in [9.17, 15) is 4.79 Å². The average Bonchev–Trinajstić information content (AvgIpc) is 3.03. The molecule has 0 atom stereocenters. The minimum Gasteiger partial charge on any atom is -0.448 e. The molecule has 0 aliphatic heterocycles. The molecular formula is C19H16N2O2S. The number of amides is 1. The number of furan rings is 1. The van der Waals surface area contributed by atoms with Crippen LogP contribution < -0.4 is 5.43 Å². The van der Waals surface area contributed by atoms with Crippen LogP contribution in [0.25, 0.3) is 0 Å². The highest BCUT2D eigenvalue weighted by Crippen LogP contribution is 2.28. The van der Waals surface area contributed by atoms with Crippen molar-refractivity contribution in [2.24, 2.45) is 5.10 Å². The average molecular weight is 336 g/mol. The molecule has 0 radical (unpaired) electrons. The zero-order valence-corrected chi connectivity index (χ0v) is 13.9. The first-order valence-corrected chi connectivity index (χ1v) is 8.25. The molecule has 0 unspecified atom stereocenters. The predicted octanol–water partition coefficient (Wildman–Crippen LogP) is 4.50. The van der Waals surface area contributed by atoms with E-state index in [0.717, 1.165) is 15.6 Å². The molecule has 0 aliphatic rings. The molecule has 1 aromatic heterocycles. The predicted molar refractivity (Wildman–Crippen MR) is 95.5 cm³/mol. The lowest BCUT2D eigenvalue weighted by molar-refractivity contribution is 0.0955. The lowest BCUT2D eigenvalue weighted by Crippen LogP contribution is -2.17. The summed E-state index contributed by atoms with van der Waals surface area (Å²) in [6.07, 6.45) is 1.49. The zero-order valence-electron chi connectivity index (χ0n) is 13.1. The molecule has 5 heteroatoms. The Morgan fingerprint density at radius 1 is 1.08 bits per heavy atom. The fourth-order valence-corrected chi connectivity index (χ4v) is 2.87. The highest BCUT2D eigenvalue weighted by Gasteiger charge is 2.05. The quantitative estimate of drug-likeness (QED) is 0.551. The van der Waals surface area contributed by atoms with Gasteiger partial charge in [0.1, 0.15) is 5.76 Å². The number of benzene rings is 2. The van der Waals surface area contributed by atoms with E-state index in [0.29, 0.717) is 11.3 Å². The Balaban J connectivity index is 1.58. The van der Waals surface area contributed by atoms with Crippen molar-refractivity contribution in [1.29, 1.82) is 0 Å². The molecule has 1 amide bonds. The molecule has 0 saturated carbocycles. The number of hydrazone groups is 1. The summed E-state index contributed by atoms with van der Waals surface area (Å²) in [7, 11) is 0. The molecule has 3 aromatic rings. The summed E-state index contributed by atoms with van der Waals surface area (Å²) in [6, 6.07) is 21.0. The van der Waals surface area contributed by atoms with Crippen LogP contribution in [0.15, 0.2) is 86.2 Å². The van der Waals surface area contributed by atoms with E-state index in [1.54, 1.807) is 6.07 Å². The largest absolute Gasteiger partial charge is 0.448 e. The second-order valence-electron chi connectivity index (χ2n) is 5.14. The van der Waals surface area contributed by atoms with Crippen molar-refractivity contribution in [3.63, 3.8) is 0 Å². The van der Waals surface area contributed by atoms with Gasteiger partial charge in [0.2, 0.25) is 0 Å². The number of hydrogen-bond donors (Lipinski definition) is 1. The normalized spacial score (nSPS) is 10.9. The molecule has 1 heterocycles. The molecule has 0 bridgehead atoms. The molecule has 3 rings (SSSR count). The van der Waals surface area contributed by atoms with E-state index in [1.165, 1.54) is 18.0 Å². The SMILES string of the molecule is Cc1cccc(C(=O)N/N=C/c2ccc(Sc3ccccc3)o2)c1. The van der Waals surface area contributed by atoms with Gasteiger partial charge in [0.05, 0.1) is 6.21 Å². The van der Waals surface area contributed by atoms with Crippen LogP contribution in [0, 0.1) is 6.92 Å². The third-order valence-electron chi connectivity index (χ3n) is 3.20. The monoisotopic (exact) mass is 336 g/mol. The summed E-state index contributed by atoms with van der Waals surface area (Å²) >= 11 is 1.53. The van der Waals surface area contributed by atoms with Gasteiger partial charge in [-0.1, -0.05) is 47.7 Å². The van der Waals surface area contributed by atoms with Gasteiger partial charge in [-0.15, -0.1) is 0 Å². The van der Waals surface area contributed by atoms with Gasteiger partial charge in [-0.2, -0.15) is 5.10 Å². The van der Waals surface area contributed by atoms with Gasteiger partial charge in [-0.25, -0.2) is 5.43 Å². The highest BCUT2D eigenvalue weighted by molar-refractivity contribution is 7.99. The van der Waals surface area contributed by atoms with Gasteiger partial charge in [-0.3, -0.25) is 4.79 Å². The molecular weight excluding hydrogens is 320 g/mol. The fraction of sp³-hybridized carbons (Fsp3) is 0.0526. The number of carbonyl (C=O) groups excluding carboxylic acids is 1. The summed E-state index contributed by atoms with van der Waals surface area (Å²) in [5.41, 5.74) is 4.10. The van der Waals surface area contributed by atoms with Crippen molar-refractivity contribution < 1.29 is 9.21 Å². The number of rotatable bonds is 5. The van der Waals surface area contributed by atoms with E-state index in [1.807, 2.05) is 67.6 Å². The van der Waals surface area contributed by atoms with Crippen LogP contribution in [0.3, 0.4) is 0 Å². The fourth-order valence-electron chi connectivity index (χ4n) is 2.07. The number of nitrogens with zero attached hydrogens (tertiary/aromatic N) is 1. The van der Waals surface area contributed by atoms with Gasteiger partial charge in [-0.05, 0) is 43.3 Å². The van der Waals surface area contributed by atoms with Crippen molar-refractivity contribution >= 4 is 23.9 Å². The standard InChI is InChI=1S/C19H16N2O2S/c1-14-6-5-7-15(12-14)19(22)21-20-13-16-10-11-18(23-16)24-17-8-3-2-4-9-17/h2-13H,1H3,(H,21,22)/b20-13+. The van der Waals surface area contributed by atoms with Crippen molar-refractivity contribution in [2.45, 2.75) is 16.9 Å². The van der Waals surface area contributed by atoms with E-state index in [-0.39, 0.29) is 5.91 Å². The van der Waals surface area contributed by atoms with E-state index in [2.05, 4.69) is 10.5 Å². The molecule has 4 nitrogen and oxygen atoms in total. The topological polar surface area (TPSA) is 54.6 Å². The van der Waals surface area contributed by atoms with E-state index < -0.39 is 0 Å². The summed E-state index contributed by atoms with van der Waals surface area (Å²) < 4.78 is 5.66. The van der Waals surface area contributed by atoms with Crippen LogP contribution in [0.2, 0.25) is 0 Å². The maximum Gasteiger partial charge on any atom is 0.271 e. The number of carbonyl (C=O) groups is 1. The third-order valence-corrected chi connectivity index (χ3v) is 4.13. The molecule has 0 aliphatic carbocycles. The first-order chi connectivity index (χ1) is 11.7. The summed E-state index contributed by atoms with van der Waals surface area (Å²) in [5.74, 6) is 0.332. The minimum atomic E-state index is -0.250. The Morgan fingerprint density at radius 2 is 1.92 bits per heavy atom. The van der Waals surface area contributed by atoms with Crippen molar-refractivity contribution in [3.8, 4) is 0 Å². The van der Waals surface area contributed by atoms with Crippen molar-refractivity contribution in [1.82, 2.24) is 5.43 Å². The maximum atomic E-state index is 12.0. The summed E-state index contributed by atoms with van der Waals surface area (Å²) in [4.78, 5) is 13.1. The van der Waals surface area contributed by atoms with E-state index in [4.69, 9.17) is 4.42 Å². The van der Waals surface area contributed by atoms with Gasteiger partial charge in [0, 0.05) is 10.5 Å². The van der Waals surface area contributed by atoms with Gasteiger partial charge in [0.15, 0.2) is 5.09 Å². The Hall–Kier alpha value is -2.79. The van der Waals surface area contributed by atoms with Gasteiger partial charge in [0.25, 0.3) is 5.91 Å². The highest BCUT2D eigenvalue weighted by atomic mass is 32.2. The summed E-state index contributed by atoms with van der Waals surface area (Å²) in [6.45, 7) is 1.94. The third kappa shape index (κ3) is 4.36. The smallest absolute Gasteiger partial charge is 0.271 e. The lowest BCUT2D eigenvalue weighted by atomic mass is 10.1. The van der Waals surface area contributed by atoms with Crippen LogP contribution in [-0.4, -0.2) is 12.1 Å².